The molecule has 25 heavy (non-hydrogen) atoms. The summed E-state index contributed by atoms with van der Waals surface area (Å²) in [5.74, 6) is 0.799. The fourth-order valence-electron chi connectivity index (χ4n) is 3.31. The van der Waals surface area contributed by atoms with E-state index in [4.69, 9.17) is 9.15 Å². The Morgan fingerprint density at radius 1 is 1.40 bits per heavy atom. The summed E-state index contributed by atoms with van der Waals surface area (Å²) in [6.45, 7) is 6.72. The summed E-state index contributed by atoms with van der Waals surface area (Å²) in [5.41, 5.74) is 1.01. The quantitative estimate of drug-likeness (QED) is 0.798. The Bertz CT molecular complexity index is 645. The van der Waals surface area contributed by atoms with Gasteiger partial charge in [-0.15, -0.1) is 0 Å². The summed E-state index contributed by atoms with van der Waals surface area (Å²) in [7, 11) is 0. The van der Waals surface area contributed by atoms with Crippen LogP contribution >= 0.6 is 0 Å². The molecule has 1 fully saturated rings. The number of carbonyl (C=O) groups excluding carboxylic acids is 2. The van der Waals surface area contributed by atoms with Gasteiger partial charge in [-0.3, -0.25) is 4.90 Å². The molecule has 3 heterocycles. The highest BCUT2D eigenvalue weighted by atomic mass is 16.5. The first-order chi connectivity index (χ1) is 12.1. The van der Waals surface area contributed by atoms with Crippen LogP contribution in [0, 0.1) is 5.92 Å². The van der Waals surface area contributed by atoms with Gasteiger partial charge in [0.2, 0.25) is 0 Å². The van der Waals surface area contributed by atoms with E-state index in [1.165, 1.54) is 6.26 Å². The maximum Gasteiger partial charge on any atom is 0.338 e. The van der Waals surface area contributed by atoms with Crippen LogP contribution in [-0.2, 0) is 9.53 Å². The van der Waals surface area contributed by atoms with Gasteiger partial charge in [-0.1, -0.05) is 6.92 Å². The number of hydrogen-bond donors (Lipinski definition) is 2. The zero-order valence-electron chi connectivity index (χ0n) is 14.7. The molecule has 0 saturated carbocycles. The number of carbonyl (C=O) groups is 2. The van der Waals surface area contributed by atoms with E-state index in [0.29, 0.717) is 29.5 Å². The molecule has 0 aromatic carbocycles. The molecule has 0 bridgehead atoms. The zero-order chi connectivity index (χ0) is 17.8. The Kier molecular flexibility index (Phi) is 5.43. The summed E-state index contributed by atoms with van der Waals surface area (Å²) in [6.07, 6.45) is 3.77. The molecule has 7 nitrogen and oxygen atoms in total. The third-order valence-electron chi connectivity index (χ3n) is 4.73. The second kappa shape index (κ2) is 7.74. The van der Waals surface area contributed by atoms with Crippen LogP contribution in [0.25, 0.3) is 0 Å². The van der Waals surface area contributed by atoms with Gasteiger partial charge in [-0.25, -0.2) is 9.59 Å². The predicted octanol–water partition coefficient (Wildman–Crippen LogP) is 2.18. The number of rotatable bonds is 5. The van der Waals surface area contributed by atoms with Gasteiger partial charge in [0.25, 0.3) is 0 Å². The lowest BCUT2D eigenvalue weighted by molar-refractivity contribution is -0.139. The SMILES string of the molecule is CCOC(=O)C1=C(CN2CCC(C)CC2)NC(=O)NC1c1ccco1. The second-order valence-electron chi connectivity index (χ2n) is 6.62. The Hall–Kier alpha value is -2.28. The minimum atomic E-state index is -0.637. The lowest BCUT2D eigenvalue weighted by atomic mass is 9.97. The maximum atomic E-state index is 12.6. The van der Waals surface area contributed by atoms with E-state index in [1.54, 1.807) is 19.1 Å². The van der Waals surface area contributed by atoms with Crippen LogP contribution in [0.5, 0.6) is 0 Å². The molecule has 136 valence electrons. The number of nitrogens with one attached hydrogen (secondary N) is 2. The summed E-state index contributed by atoms with van der Waals surface area (Å²) < 4.78 is 10.7. The standard InChI is InChI=1S/C18H25N3O4/c1-3-24-17(22)15-13(11-21-8-6-12(2)7-9-21)19-18(23)20-16(15)14-5-4-10-25-14/h4-5,10,12,16H,3,6-9,11H2,1-2H3,(H2,19,20,23). The highest BCUT2D eigenvalue weighted by molar-refractivity contribution is 5.95. The van der Waals surface area contributed by atoms with Crippen molar-refractivity contribution in [1.29, 1.82) is 0 Å². The van der Waals surface area contributed by atoms with E-state index in [9.17, 15) is 9.59 Å². The van der Waals surface area contributed by atoms with Crippen LogP contribution in [0.2, 0.25) is 0 Å². The van der Waals surface area contributed by atoms with Crippen molar-refractivity contribution in [3.63, 3.8) is 0 Å². The minimum Gasteiger partial charge on any atom is -0.467 e. The van der Waals surface area contributed by atoms with Gasteiger partial charge in [0.1, 0.15) is 11.8 Å². The minimum absolute atomic E-state index is 0.273. The molecule has 3 rings (SSSR count). The molecule has 1 aromatic heterocycles. The number of amides is 2. The summed E-state index contributed by atoms with van der Waals surface area (Å²) in [4.78, 5) is 27.0. The molecule has 2 N–H and O–H groups in total. The Morgan fingerprint density at radius 2 is 2.16 bits per heavy atom. The van der Waals surface area contributed by atoms with E-state index in [1.807, 2.05) is 0 Å². The molecule has 1 atom stereocenters. The van der Waals surface area contributed by atoms with E-state index in [2.05, 4.69) is 22.5 Å². The number of hydrogen-bond acceptors (Lipinski definition) is 5. The lowest BCUT2D eigenvalue weighted by Gasteiger charge is -2.34. The monoisotopic (exact) mass is 347 g/mol. The van der Waals surface area contributed by atoms with Gasteiger partial charge in [0, 0.05) is 12.2 Å². The zero-order valence-corrected chi connectivity index (χ0v) is 14.7. The van der Waals surface area contributed by atoms with Crippen LogP contribution in [0.3, 0.4) is 0 Å². The molecule has 0 aliphatic carbocycles. The third kappa shape index (κ3) is 4.04. The van der Waals surface area contributed by atoms with E-state index in [-0.39, 0.29) is 12.6 Å². The molecule has 2 aliphatic heterocycles. The number of esters is 1. The molecule has 2 amide bonds. The number of ether oxygens (including phenoxy) is 1. The highest BCUT2D eigenvalue weighted by Crippen LogP contribution is 2.29. The first-order valence-corrected chi connectivity index (χ1v) is 8.82. The lowest BCUT2D eigenvalue weighted by Crippen LogP contribution is -2.49. The van der Waals surface area contributed by atoms with Gasteiger partial charge < -0.3 is 19.8 Å². The number of furan rings is 1. The van der Waals surface area contributed by atoms with Crippen LogP contribution in [0.15, 0.2) is 34.1 Å². The van der Waals surface area contributed by atoms with Crippen molar-refractivity contribution in [2.75, 3.05) is 26.2 Å². The maximum absolute atomic E-state index is 12.6. The number of piperidine rings is 1. The van der Waals surface area contributed by atoms with Crippen LogP contribution in [0.4, 0.5) is 4.79 Å². The van der Waals surface area contributed by atoms with Gasteiger partial charge in [-0.2, -0.15) is 0 Å². The van der Waals surface area contributed by atoms with Crippen molar-refractivity contribution in [1.82, 2.24) is 15.5 Å². The van der Waals surface area contributed by atoms with Crippen molar-refractivity contribution in [2.24, 2.45) is 5.92 Å². The smallest absolute Gasteiger partial charge is 0.338 e. The average Bonchev–Trinajstić information content (AvgIpc) is 3.11. The summed E-state index contributed by atoms with van der Waals surface area (Å²) in [6, 6.07) is 2.50. The van der Waals surface area contributed by atoms with E-state index >= 15 is 0 Å². The van der Waals surface area contributed by atoms with Crippen LogP contribution in [0.1, 0.15) is 38.5 Å². The normalized spacial score (nSPS) is 22.5. The predicted molar refractivity (Wildman–Crippen MR) is 91.6 cm³/mol. The van der Waals surface area contributed by atoms with Crippen LogP contribution in [-0.4, -0.2) is 43.1 Å². The van der Waals surface area contributed by atoms with Crippen molar-refractivity contribution in [3.05, 3.63) is 35.4 Å². The molecule has 0 spiro atoms. The van der Waals surface area contributed by atoms with Gasteiger partial charge in [0.05, 0.1) is 18.4 Å². The van der Waals surface area contributed by atoms with E-state index < -0.39 is 12.0 Å². The van der Waals surface area contributed by atoms with Gasteiger partial charge >= 0.3 is 12.0 Å². The Morgan fingerprint density at radius 3 is 2.80 bits per heavy atom. The molecule has 1 aromatic rings. The molecular formula is C18H25N3O4. The number of urea groups is 1. The number of nitrogens with zero attached hydrogens (tertiary/aromatic N) is 1. The van der Waals surface area contributed by atoms with Crippen LogP contribution < -0.4 is 10.6 Å². The van der Waals surface area contributed by atoms with Crippen molar-refractivity contribution in [3.8, 4) is 0 Å². The fraction of sp³-hybridized carbons (Fsp3) is 0.556. The van der Waals surface area contributed by atoms with Crippen molar-refractivity contribution < 1.29 is 18.7 Å². The van der Waals surface area contributed by atoms with E-state index in [0.717, 1.165) is 25.9 Å². The summed E-state index contributed by atoms with van der Waals surface area (Å²) >= 11 is 0. The Labute approximate surface area is 147 Å². The topological polar surface area (TPSA) is 83.8 Å². The first-order valence-electron chi connectivity index (χ1n) is 8.82. The fourth-order valence-corrected chi connectivity index (χ4v) is 3.31. The highest BCUT2D eigenvalue weighted by Gasteiger charge is 2.36. The molecule has 2 aliphatic rings. The van der Waals surface area contributed by atoms with Gasteiger partial charge in [-0.05, 0) is 50.9 Å². The second-order valence-corrected chi connectivity index (χ2v) is 6.62. The first kappa shape index (κ1) is 17.5. The molecule has 7 heteroatoms. The number of likely N-dealkylation sites (tertiary alicyclic amines) is 1. The Balaban J connectivity index is 1.90. The largest absolute Gasteiger partial charge is 0.467 e. The third-order valence-corrected chi connectivity index (χ3v) is 4.73. The van der Waals surface area contributed by atoms with Gasteiger partial charge in [0.15, 0.2) is 0 Å². The molecule has 1 saturated heterocycles. The summed E-state index contributed by atoms with van der Waals surface area (Å²) in [5, 5.41) is 5.56. The van der Waals surface area contributed by atoms with Crippen molar-refractivity contribution in [2.45, 2.75) is 32.7 Å². The van der Waals surface area contributed by atoms with Crippen molar-refractivity contribution >= 4 is 12.0 Å². The molecule has 1 unspecified atom stereocenters. The molecular weight excluding hydrogens is 322 g/mol. The molecule has 0 radical (unpaired) electrons. The average molecular weight is 347 g/mol.